The summed E-state index contributed by atoms with van der Waals surface area (Å²) in [5.74, 6) is 2.30. The number of hydrogen-bond acceptors (Lipinski definition) is 7. The molecule has 0 amide bonds. The predicted molar refractivity (Wildman–Crippen MR) is 120 cm³/mol. The van der Waals surface area contributed by atoms with Gasteiger partial charge in [0, 0.05) is 0 Å². The number of aromatic nitrogens is 4. The largest absolute Gasteiger partial charge is 0.476 e. The highest BCUT2D eigenvalue weighted by Gasteiger charge is 2.32. The highest BCUT2D eigenvalue weighted by Crippen LogP contribution is 2.38. The Balaban J connectivity index is 1.34. The summed E-state index contributed by atoms with van der Waals surface area (Å²) in [5.41, 5.74) is 1.84. The minimum atomic E-state index is 0.141. The Kier molecular flexibility index (Phi) is 6.93. The Morgan fingerprint density at radius 2 is 1.97 bits per heavy atom. The van der Waals surface area contributed by atoms with Crippen LogP contribution in [-0.2, 0) is 0 Å². The molecule has 2 aliphatic rings. The number of nitrogens with one attached hydrogen (secondary N) is 2. The first kappa shape index (κ1) is 21.8. The van der Waals surface area contributed by atoms with Gasteiger partial charge in [0.15, 0.2) is 0 Å². The van der Waals surface area contributed by atoms with Crippen molar-refractivity contribution in [3.63, 3.8) is 0 Å². The minimum Gasteiger partial charge on any atom is -0.476 e. The number of rotatable bonds is 8. The molecule has 0 aliphatic heterocycles. The lowest BCUT2D eigenvalue weighted by molar-refractivity contribution is 0.178. The number of nitriles is 1. The Labute approximate surface area is 188 Å². The molecule has 2 aromatic heterocycles. The van der Waals surface area contributed by atoms with Crippen LogP contribution in [0.4, 0.5) is 11.6 Å². The van der Waals surface area contributed by atoms with Gasteiger partial charge in [0.2, 0.25) is 11.8 Å². The van der Waals surface area contributed by atoms with Crippen molar-refractivity contribution >= 4 is 23.2 Å². The SMILES string of the molecule is CNC[C@H]1CC[C@H](COc2nc(Nc3cnn(C4CC(C#N)C4)c3C)ncc2Cl)CC1. The van der Waals surface area contributed by atoms with E-state index in [4.69, 9.17) is 21.6 Å². The van der Waals surface area contributed by atoms with E-state index in [0.717, 1.165) is 36.7 Å². The maximum atomic E-state index is 8.99. The molecular formula is C22H30ClN7O. The fourth-order valence-corrected chi connectivity index (χ4v) is 4.67. The first-order valence-electron chi connectivity index (χ1n) is 11.1. The van der Waals surface area contributed by atoms with Gasteiger partial charge in [-0.1, -0.05) is 11.6 Å². The summed E-state index contributed by atoms with van der Waals surface area (Å²) in [7, 11) is 2.02. The molecule has 9 heteroatoms. The van der Waals surface area contributed by atoms with Gasteiger partial charge in [-0.25, -0.2) is 4.98 Å². The number of ether oxygens (including phenoxy) is 1. The summed E-state index contributed by atoms with van der Waals surface area (Å²) >= 11 is 6.28. The molecule has 0 saturated heterocycles. The van der Waals surface area contributed by atoms with Crippen LogP contribution in [0.1, 0.15) is 50.3 Å². The second-order valence-electron chi connectivity index (χ2n) is 8.77. The van der Waals surface area contributed by atoms with Gasteiger partial charge in [-0.2, -0.15) is 15.3 Å². The van der Waals surface area contributed by atoms with E-state index in [1.165, 1.54) is 25.7 Å². The third-order valence-corrected chi connectivity index (χ3v) is 6.82. The van der Waals surface area contributed by atoms with Gasteiger partial charge in [-0.3, -0.25) is 4.68 Å². The highest BCUT2D eigenvalue weighted by molar-refractivity contribution is 6.31. The van der Waals surface area contributed by atoms with Gasteiger partial charge in [0.1, 0.15) is 5.02 Å². The van der Waals surface area contributed by atoms with Crippen molar-refractivity contribution in [1.29, 1.82) is 5.26 Å². The van der Waals surface area contributed by atoms with Crippen molar-refractivity contribution < 1.29 is 4.74 Å². The highest BCUT2D eigenvalue weighted by atomic mass is 35.5. The molecule has 0 bridgehead atoms. The third kappa shape index (κ3) is 5.10. The average Bonchev–Trinajstić information content (AvgIpc) is 3.09. The van der Waals surface area contributed by atoms with E-state index < -0.39 is 0 Å². The molecule has 0 atom stereocenters. The van der Waals surface area contributed by atoms with Crippen molar-refractivity contribution in [2.45, 2.75) is 51.5 Å². The Hall–Kier alpha value is -2.37. The third-order valence-electron chi connectivity index (χ3n) is 6.56. The van der Waals surface area contributed by atoms with Crippen LogP contribution < -0.4 is 15.4 Å². The molecular weight excluding hydrogens is 414 g/mol. The lowest BCUT2D eigenvalue weighted by atomic mass is 9.81. The van der Waals surface area contributed by atoms with Gasteiger partial charge >= 0.3 is 0 Å². The molecule has 0 radical (unpaired) electrons. The Morgan fingerprint density at radius 3 is 2.68 bits per heavy atom. The molecule has 2 fully saturated rings. The lowest BCUT2D eigenvalue weighted by Gasteiger charge is -2.31. The van der Waals surface area contributed by atoms with Crippen LogP contribution in [0.15, 0.2) is 12.4 Å². The molecule has 2 aromatic rings. The maximum Gasteiger partial charge on any atom is 0.237 e. The fourth-order valence-electron chi connectivity index (χ4n) is 4.53. The molecule has 2 heterocycles. The van der Waals surface area contributed by atoms with E-state index in [2.05, 4.69) is 31.8 Å². The zero-order valence-corrected chi connectivity index (χ0v) is 18.9. The van der Waals surface area contributed by atoms with Crippen molar-refractivity contribution in [3.05, 3.63) is 23.1 Å². The monoisotopic (exact) mass is 443 g/mol. The summed E-state index contributed by atoms with van der Waals surface area (Å²) in [6.45, 7) is 3.73. The molecule has 8 nitrogen and oxygen atoms in total. The van der Waals surface area contributed by atoms with Crippen LogP contribution in [-0.4, -0.2) is 39.9 Å². The number of anilines is 2. The van der Waals surface area contributed by atoms with Gasteiger partial charge in [0.25, 0.3) is 0 Å². The standard InChI is InChI=1S/C22H30ClN7O/c1-14-20(12-27-30(14)18-7-17(8-18)9-24)28-22-26-11-19(23)21(29-22)31-13-16-5-3-15(4-6-16)10-25-2/h11-12,15-18,25H,3-8,10,13H2,1-2H3,(H,26,28,29)/t15-,16-,17?,18?. The first-order chi connectivity index (χ1) is 15.1. The fraction of sp³-hybridized carbons (Fsp3) is 0.636. The van der Waals surface area contributed by atoms with E-state index in [-0.39, 0.29) is 12.0 Å². The van der Waals surface area contributed by atoms with Crippen LogP contribution in [0.3, 0.4) is 0 Å². The molecule has 2 aliphatic carbocycles. The topological polar surface area (TPSA) is 101 Å². The number of nitrogens with zero attached hydrogens (tertiary/aromatic N) is 5. The Bertz CT molecular complexity index is 926. The van der Waals surface area contributed by atoms with Crippen molar-refractivity contribution in [2.24, 2.45) is 17.8 Å². The Morgan fingerprint density at radius 1 is 1.23 bits per heavy atom. The van der Waals surface area contributed by atoms with E-state index in [0.29, 0.717) is 29.4 Å². The van der Waals surface area contributed by atoms with E-state index in [9.17, 15) is 0 Å². The minimum absolute atomic E-state index is 0.141. The first-order valence-corrected chi connectivity index (χ1v) is 11.5. The van der Waals surface area contributed by atoms with E-state index >= 15 is 0 Å². The number of hydrogen-bond donors (Lipinski definition) is 2. The van der Waals surface area contributed by atoms with Crippen molar-refractivity contribution in [2.75, 3.05) is 25.5 Å². The molecule has 166 valence electrons. The van der Waals surface area contributed by atoms with Crippen molar-refractivity contribution in [1.82, 2.24) is 25.1 Å². The molecule has 2 saturated carbocycles. The molecule has 31 heavy (non-hydrogen) atoms. The van der Waals surface area contributed by atoms with Crippen molar-refractivity contribution in [3.8, 4) is 11.9 Å². The predicted octanol–water partition coefficient (Wildman–Crippen LogP) is 4.26. The van der Waals surface area contributed by atoms with Crippen LogP contribution in [0, 0.1) is 36.0 Å². The van der Waals surface area contributed by atoms with Gasteiger partial charge in [-0.05, 0) is 70.9 Å². The van der Waals surface area contributed by atoms with Gasteiger partial charge in [0.05, 0.1) is 48.4 Å². The van der Waals surface area contributed by atoms with E-state index in [1.807, 2.05) is 18.7 Å². The molecule has 0 unspecified atom stereocenters. The molecule has 0 spiro atoms. The van der Waals surface area contributed by atoms with Crippen LogP contribution in [0.2, 0.25) is 5.02 Å². The quantitative estimate of drug-likeness (QED) is 0.628. The zero-order chi connectivity index (χ0) is 21.8. The van der Waals surface area contributed by atoms with Crippen LogP contribution >= 0.6 is 11.6 Å². The molecule has 0 aromatic carbocycles. The second-order valence-corrected chi connectivity index (χ2v) is 9.17. The number of halogens is 1. The molecule has 4 rings (SSSR count). The lowest BCUT2D eigenvalue weighted by Crippen LogP contribution is -2.27. The van der Waals surface area contributed by atoms with E-state index in [1.54, 1.807) is 12.4 Å². The van der Waals surface area contributed by atoms with Gasteiger partial charge in [-0.15, -0.1) is 0 Å². The maximum absolute atomic E-state index is 8.99. The summed E-state index contributed by atoms with van der Waals surface area (Å²) in [6, 6.07) is 2.60. The molecule has 2 N–H and O–H groups in total. The smallest absolute Gasteiger partial charge is 0.237 e. The van der Waals surface area contributed by atoms with Crippen LogP contribution in [0.5, 0.6) is 5.88 Å². The zero-order valence-electron chi connectivity index (χ0n) is 18.1. The second kappa shape index (κ2) is 9.84. The summed E-state index contributed by atoms with van der Waals surface area (Å²) < 4.78 is 7.96. The van der Waals surface area contributed by atoms with Gasteiger partial charge < -0.3 is 15.4 Å². The normalized spacial score (nSPS) is 25.5. The summed E-state index contributed by atoms with van der Waals surface area (Å²) in [6.07, 6.45) is 9.86. The average molecular weight is 444 g/mol. The summed E-state index contributed by atoms with van der Waals surface area (Å²) in [4.78, 5) is 8.78. The van der Waals surface area contributed by atoms with Crippen LogP contribution in [0.25, 0.3) is 0 Å². The summed E-state index contributed by atoms with van der Waals surface area (Å²) in [5, 5.41) is 20.4.